The summed E-state index contributed by atoms with van der Waals surface area (Å²) in [6, 6.07) is 25.4. The highest BCUT2D eigenvalue weighted by Gasteiger charge is 2.20. The van der Waals surface area contributed by atoms with Crippen LogP contribution >= 0.6 is 24.0 Å². The maximum Gasteiger partial charge on any atom is 0.191 e. The second kappa shape index (κ2) is 12.4. The van der Waals surface area contributed by atoms with Gasteiger partial charge < -0.3 is 20.0 Å². The van der Waals surface area contributed by atoms with E-state index in [-0.39, 0.29) is 24.0 Å². The Morgan fingerprint density at radius 2 is 1.65 bits per heavy atom. The van der Waals surface area contributed by atoms with Crippen molar-refractivity contribution in [2.45, 2.75) is 31.8 Å². The maximum atomic E-state index is 5.44. The Kier molecular flexibility index (Phi) is 9.27. The SMILES string of the molecule is I.c1ccc(CN=C(NCCc2ccco2)NC2CCN(c3ccccc3)CC2)cc1. The zero-order valence-electron chi connectivity index (χ0n) is 17.7. The van der Waals surface area contributed by atoms with E-state index in [2.05, 4.69) is 70.1 Å². The lowest BCUT2D eigenvalue weighted by atomic mass is 10.0. The average Bonchev–Trinajstić information content (AvgIpc) is 3.33. The van der Waals surface area contributed by atoms with Crippen LogP contribution in [-0.2, 0) is 13.0 Å². The van der Waals surface area contributed by atoms with E-state index in [1.165, 1.54) is 11.3 Å². The van der Waals surface area contributed by atoms with Crippen molar-refractivity contribution in [1.29, 1.82) is 0 Å². The summed E-state index contributed by atoms with van der Waals surface area (Å²) >= 11 is 0. The first-order chi connectivity index (χ1) is 14.9. The number of hydrogen-bond acceptors (Lipinski definition) is 3. The van der Waals surface area contributed by atoms with E-state index >= 15 is 0 Å². The molecule has 31 heavy (non-hydrogen) atoms. The fourth-order valence-corrected chi connectivity index (χ4v) is 3.78. The number of hydrogen-bond donors (Lipinski definition) is 2. The highest BCUT2D eigenvalue weighted by Crippen LogP contribution is 2.19. The Labute approximate surface area is 202 Å². The van der Waals surface area contributed by atoms with Crippen LogP contribution in [0.1, 0.15) is 24.2 Å². The van der Waals surface area contributed by atoms with E-state index in [1.807, 2.05) is 18.2 Å². The van der Waals surface area contributed by atoms with Crippen LogP contribution in [0.2, 0.25) is 0 Å². The number of para-hydroxylation sites is 1. The molecule has 0 amide bonds. The molecule has 0 spiro atoms. The van der Waals surface area contributed by atoms with Gasteiger partial charge in [0.05, 0.1) is 12.8 Å². The number of guanidine groups is 1. The second-order valence-electron chi connectivity index (χ2n) is 7.65. The van der Waals surface area contributed by atoms with Crippen LogP contribution < -0.4 is 15.5 Å². The molecular weight excluding hydrogens is 499 g/mol. The van der Waals surface area contributed by atoms with Crippen molar-refractivity contribution in [3.63, 3.8) is 0 Å². The van der Waals surface area contributed by atoms with Gasteiger partial charge in [0.2, 0.25) is 0 Å². The zero-order chi connectivity index (χ0) is 20.4. The van der Waals surface area contributed by atoms with Crippen molar-refractivity contribution in [3.05, 3.63) is 90.4 Å². The molecule has 4 rings (SSSR count). The van der Waals surface area contributed by atoms with Crippen molar-refractivity contribution < 1.29 is 4.42 Å². The van der Waals surface area contributed by atoms with Crippen molar-refractivity contribution in [1.82, 2.24) is 10.6 Å². The van der Waals surface area contributed by atoms with Gasteiger partial charge in [-0.05, 0) is 42.7 Å². The van der Waals surface area contributed by atoms with Gasteiger partial charge in [0.15, 0.2) is 5.96 Å². The Balaban J connectivity index is 0.00000272. The van der Waals surface area contributed by atoms with Gasteiger partial charge in [0, 0.05) is 37.8 Å². The molecule has 2 aromatic carbocycles. The van der Waals surface area contributed by atoms with Crippen LogP contribution in [0.4, 0.5) is 5.69 Å². The van der Waals surface area contributed by atoms with E-state index in [4.69, 9.17) is 9.41 Å². The largest absolute Gasteiger partial charge is 0.469 e. The highest BCUT2D eigenvalue weighted by molar-refractivity contribution is 14.0. The van der Waals surface area contributed by atoms with Gasteiger partial charge in [0.25, 0.3) is 0 Å². The first kappa shape index (κ1) is 23.2. The third-order valence-electron chi connectivity index (χ3n) is 5.46. The van der Waals surface area contributed by atoms with Crippen LogP contribution in [0.25, 0.3) is 0 Å². The van der Waals surface area contributed by atoms with Crippen LogP contribution in [0.5, 0.6) is 0 Å². The molecule has 1 aliphatic rings. The molecule has 0 saturated carbocycles. The van der Waals surface area contributed by atoms with Gasteiger partial charge in [-0.2, -0.15) is 0 Å². The number of furan rings is 1. The molecule has 6 heteroatoms. The van der Waals surface area contributed by atoms with Crippen LogP contribution in [-0.4, -0.2) is 31.6 Å². The van der Waals surface area contributed by atoms with Crippen molar-refractivity contribution in [2.24, 2.45) is 4.99 Å². The smallest absolute Gasteiger partial charge is 0.191 e. The van der Waals surface area contributed by atoms with Gasteiger partial charge in [-0.3, -0.25) is 0 Å². The molecule has 0 bridgehead atoms. The quantitative estimate of drug-likeness (QED) is 0.261. The molecule has 0 atom stereocenters. The average molecular weight is 530 g/mol. The molecule has 164 valence electrons. The first-order valence-corrected chi connectivity index (χ1v) is 10.8. The molecule has 1 saturated heterocycles. The number of nitrogens with zero attached hydrogens (tertiary/aromatic N) is 2. The molecule has 2 N–H and O–H groups in total. The van der Waals surface area contributed by atoms with Gasteiger partial charge in [-0.15, -0.1) is 24.0 Å². The van der Waals surface area contributed by atoms with Crippen LogP contribution in [0.3, 0.4) is 0 Å². The minimum Gasteiger partial charge on any atom is -0.469 e. The number of benzene rings is 2. The minimum atomic E-state index is 0. The summed E-state index contributed by atoms with van der Waals surface area (Å²) in [5, 5.41) is 7.14. The lowest BCUT2D eigenvalue weighted by Gasteiger charge is -2.34. The number of piperidine rings is 1. The lowest BCUT2D eigenvalue weighted by Crippen LogP contribution is -2.49. The zero-order valence-corrected chi connectivity index (χ0v) is 20.1. The Hall–Kier alpha value is -2.48. The van der Waals surface area contributed by atoms with Gasteiger partial charge in [-0.25, -0.2) is 4.99 Å². The van der Waals surface area contributed by atoms with Crippen molar-refractivity contribution in [2.75, 3.05) is 24.5 Å². The van der Waals surface area contributed by atoms with E-state index in [9.17, 15) is 0 Å². The molecular formula is C25H31IN4O. The molecule has 1 aliphatic heterocycles. The molecule has 3 aromatic rings. The van der Waals surface area contributed by atoms with Gasteiger partial charge >= 0.3 is 0 Å². The standard InChI is InChI=1S/C25H30N4O.HI/c1-3-8-21(9-4-1)20-27-25(26-16-13-24-12-7-19-30-24)28-22-14-17-29(18-15-22)23-10-5-2-6-11-23;/h1-12,19,22H,13-18,20H2,(H2,26,27,28);1H. The van der Waals surface area contributed by atoms with Crippen LogP contribution in [0, 0.1) is 0 Å². The number of anilines is 1. The summed E-state index contributed by atoms with van der Waals surface area (Å²) in [6.45, 7) is 3.57. The Bertz CT molecular complexity index is 892. The summed E-state index contributed by atoms with van der Waals surface area (Å²) in [6.07, 6.45) is 4.75. The fraction of sp³-hybridized carbons (Fsp3) is 0.320. The number of rotatable bonds is 7. The Morgan fingerprint density at radius 1 is 0.935 bits per heavy atom. The maximum absolute atomic E-state index is 5.44. The van der Waals surface area contributed by atoms with E-state index in [1.54, 1.807) is 6.26 Å². The Morgan fingerprint density at radius 3 is 2.32 bits per heavy atom. The predicted molar refractivity (Wildman–Crippen MR) is 138 cm³/mol. The molecule has 1 aromatic heterocycles. The minimum absolute atomic E-state index is 0. The molecule has 5 nitrogen and oxygen atoms in total. The summed E-state index contributed by atoms with van der Waals surface area (Å²) in [5.74, 6) is 1.87. The van der Waals surface area contributed by atoms with E-state index < -0.39 is 0 Å². The third kappa shape index (κ3) is 7.31. The van der Waals surface area contributed by atoms with E-state index in [0.29, 0.717) is 12.6 Å². The summed E-state index contributed by atoms with van der Waals surface area (Å²) in [5.41, 5.74) is 2.52. The normalized spacial score (nSPS) is 14.7. The predicted octanol–water partition coefficient (Wildman–Crippen LogP) is 4.84. The lowest BCUT2D eigenvalue weighted by molar-refractivity contribution is 0.460. The van der Waals surface area contributed by atoms with Gasteiger partial charge in [0.1, 0.15) is 5.76 Å². The highest BCUT2D eigenvalue weighted by atomic mass is 127. The summed E-state index contributed by atoms with van der Waals surface area (Å²) < 4.78 is 5.44. The fourth-order valence-electron chi connectivity index (χ4n) is 3.78. The molecule has 0 unspecified atom stereocenters. The monoisotopic (exact) mass is 530 g/mol. The topological polar surface area (TPSA) is 52.8 Å². The molecule has 2 heterocycles. The van der Waals surface area contributed by atoms with Crippen LogP contribution in [0.15, 0.2) is 88.5 Å². The second-order valence-corrected chi connectivity index (χ2v) is 7.65. The van der Waals surface area contributed by atoms with E-state index in [0.717, 1.165) is 50.6 Å². The van der Waals surface area contributed by atoms with Crippen molar-refractivity contribution >= 4 is 35.6 Å². The number of nitrogens with one attached hydrogen (secondary N) is 2. The number of halogens is 1. The molecule has 1 fully saturated rings. The van der Waals surface area contributed by atoms with Gasteiger partial charge in [-0.1, -0.05) is 48.5 Å². The summed E-state index contributed by atoms with van der Waals surface area (Å²) in [7, 11) is 0. The molecule has 0 radical (unpaired) electrons. The first-order valence-electron chi connectivity index (χ1n) is 10.8. The third-order valence-corrected chi connectivity index (χ3v) is 5.46. The van der Waals surface area contributed by atoms with Crippen molar-refractivity contribution in [3.8, 4) is 0 Å². The summed E-state index contributed by atoms with van der Waals surface area (Å²) in [4.78, 5) is 7.30. The number of aliphatic imine (C=N–C) groups is 1. The molecule has 0 aliphatic carbocycles.